The van der Waals surface area contributed by atoms with E-state index in [1.54, 1.807) is 0 Å². The zero-order valence-electron chi connectivity index (χ0n) is 11.5. The van der Waals surface area contributed by atoms with Crippen LogP contribution in [-0.4, -0.2) is 29.3 Å². The summed E-state index contributed by atoms with van der Waals surface area (Å²) in [6, 6.07) is 1.93. The highest BCUT2D eigenvalue weighted by atomic mass is 35.5. The van der Waals surface area contributed by atoms with Gasteiger partial charge in [-0.05, 0) is 37.3 Å². The Morgan fingerprint density at radius 2 is 2.10 bits per heavy atom. The summed E-state index contributed by atoms with van der Waals surface area (Å²) < 4.78 is 0. The fourth-order valence-corrected chi connectivity index (χ4v) is 3.60. The Labute approximate surface area is 129 Å². The lowest BCUT2D eigenvalue weighted by Gasteiger charge is -2.38. The number of halogens is 2. The molecule has 2 heterocycles. The highest BCUT2D eigenvalue weighted by Gasteiger charge is 2.30. The molecule has 108 valence electrons. The molecule has 0 bridgehead atoms. The van der Waals surface area contributed by atoms with Gasteiger partial charge in [-0.3, -0.25) is 0 Å². The summed E-state index contributed by atoms with van der Waals surface area (Å²) in [5.74, 6) is 0.829. The number of fused-ring (bicyclic) bond motifs is 1. The van der Waals surface area contributed by atoms with Crippen LogP contribution < -0.4 is 4.90 Å². The SMILES string of the molecule is CCC1=C(Cl)c2c(cc(Cl)nc2N2CC(O)C2)CCC1. The number of pyridine rings is 1. The van der Waals surface area contributed by atoms with E-state index in [1.807, 2.05) is 6.07 Å². The van der Waals surface area contributed by atoms with Crippen LogP contribution in [0.3, 0.4) is 0 Å². The lowest BCUT2D eigenvalue weighted by atomic mass is 10.0. The van der Waals surface area contributed by atoms with Gasteiger partial charge in [0.1, 0.15) is 11.0 Å². The van der Waals surface area contributed by atoms with Crippen molar-refractivity contribution in [3.8, 4) is 0 Å². The third kappa shape index (κ3) is 2.43. The molecule has 0 spiro atoms. The Morgan fingerprint density at radius 3 is 2.75 bits per heavy atom. The molecule has 1 aromatic heterocycles. The van der Waals surface area contributed by atoms with E-state index >= 15 is 0 Å². The molecule has 20 heavy (non-hydrogen) atoms. The first-order chi connectivity index (χ1) is 9.60. The molecule has 1 N–H and O–H groups in total. The third-order valence-corrected chi connectivity index (χ3v) is 4.74. The van der Waals surface area contributed by atoms with E-state index in [0.717, 1.165) is 42.1 Å². The van der Waals surface area contributed by atoms with E-state index in [-0.39, 0.29) is 6.10 Å². The molecular formula is C15H18Cl2N2O. The minimum absolute atomic E-state index is 0.273. The van der Waals surface area contributed by atoms with Gasteiger partial charge >= 0.3 is 0 Å². The lowest BCUT2D eigenvalue weighted by Crippen LogP contribution is -2.51. The second-order valence-electron chi connectivity index (χ2n) is 5.49. The van der Waals surface area contributed by atoms with Crippen LogP contribution in [-0.2, 0) is 6.42 Å². The van der Waals surface area contributed by atoms with Crippen LogP contribution in [0.4, 0.5) is 5.82 Å². The molecule has 1 saturated heterocycles. The quantitative estimate of drug-likeness (QED) is 0.847. The van der Waals surface area contributed by atoms with Gasteiger partial charge in [-0.2, -0.15) is 0 Å². The molecule has 5 heteroatoms. The molecule has 3 nitrogen and oxygen atoms in total. The molecule has 1 fully saturated rings. The number of rotatable bonds is 2. The molecule has 0 amide bonds. The molecule has 1 aliphatic heterocycles. The van der Waals surface area contributed by atoms with E-state index in [2.05, 4.69) is 16.8 Å². The zero-order valence-corrected chi connectivity index (χ0v) is 13.0. The molecule has 1 aliphatic carbocycles. The molecule has 2 aliphatic rings. The van der Waals surface area contributed by atoms with Gasteiger partial charge < -0.3 is 10.0 Å². The second kappa shape index (κ2) is 5.55. The highest BCUT2D eigenvalue weighted by Crippen LogP contribution is 2.41. The number of hydrogen-bond acceptors (Lipinski definition) is 3. The van der Waals surface area contributed by atoms with Crippen LogP contribution in [0.5, 0.6) is 0 Å². The number of allylic oxidation sites excluding steroid dienone is 1. The van der Waals surface area contributed by atoms with Gasteiger partial charge in [-0.25, -0.2) is 4.98 Å². The lowest BCUT2D eigenvalue weighted by molar-refractivity contribution is 0.141. The first-order valence-corrected chi connectivity index (χ1v) is 7.86. The van der Waals surface area contributed by atoms with Gasteiger partial charge in [0, 0.05) is 18.7 Å². The van der Waals surface area contributed by atoms with Crippen molar-refractivity contribution in [1.29, 1.82) is 0 Å². The molecule has 0 unspecified atom stereocenters. The predicted molar refractivity (Wildman–Crippen MR) is 83.5 cm³/mol. The van der Waals surface area contributed by atoms with E-state index < -0.39 is 0 Å². The Hall–Kier alpha value is -0.770. The Balaban J connectivity index is 2.13. The number of β-amino-alcohol motifs (C(OH)–C–C–N with tert-alkyl or cyclic N) is 1. The average molecular weight is 313 g/mol. The summed E-state index contributed by atoms with van der Waals surface area (Å²) in [4.78, 5) is 6.52. The van der Waals surface area contributed by atoms with E-state index in [1.165, 1.54) is 11.1 Å². The maximum absolute atomic E-state index is 9.53. The van der Waals surface area contributed by atoms with Crippen molar-refractivity contribution >= 4 is 34.1 Å². The normalized spacial score (nSPS) is 19.7. The van der Waals surface area contributed by atoms with Gasteiger partial charge in [-0.15, -0.1) is 0 Å². The van der Waals surface area contributed by atoms with Crippen LogP contribution in [0, 0.1) is 0 Å². The maximum atomic E-state index is 9.53. The minimum atomic E-state index is -0.273. The van der Waals surface area contributed by atoms with Crippen LogP contribution in [0.25, 0.3) is 5.03 Å². The fraction of sp³-hybridized carbons (Fsp3) is 0.533. The molecule has 0 saturated carbocycles. The number of aliphatic hydroxyl groups excluding tert-OH is 1. The molecule has 3 rings (SSSR count). The standard InChI is InChI=1S/C15H18Cl2N2O/c1-2-9-4-3-5-10-6-12(16)18-15(13(10)14(9)17)19-7-11(20)8-19/h6,11,20H,2-5,7-8H2,1H3. The van der Waals surface area contributed by atoms with Gasteiger partial charge in [0.2, 0.25) is 0 Å². The Kier molecular flexibility index (Phi) is 3.93. The summed E-state index contributed by atoms with van der Waals surface area (Å²) in [7, 11) is 0. The van der Waals surface area contributed by atoms with Crippen LogP contribution >= 0.6 is 23.2 Å². The van der Waals surface area contributed by atoms with Crippen molar-refractivity contribution in [2.75, 3.05) is 18.0 Å². The molecule has 1 aromatic rings. The second-order valence-corrected chi connectivity index (χ2v) is 6.25. The molecular weight excluding hydrogens is 295 g/mol. The van der Waals surface area contributed by atoms with Crippen molar-refractivity contribution in [2.24, 2.45) is 0 Å². The summed E-state index contributed by atoms with van der Waals surface area (Å²) in [6.45, 7) is 3.34. The van der Waals surface area contributed by atoms with Crippen molar-refractivity contribution < 1.29 is 5.11 Å². The number of aromatic nitrogens is 1. The van der Waals surface area contributed by atoms with Crippen molar-refractivity contribution in [1.82, 2.24) is 4.98 Å². The summed E-state index contributed by atoms with van der Waals surface area (Å²) in [5, 5.41) is 10.9. The van der Waals surface area contributed by atoms with Crippen molar-refractivity contribution in [3.63, 3.8) is 0 Å². The number of anilines is 1. The largest absolute Gasteiger partial charge is 0.389 e. The zero-order chi connectivity index (χ0) is 14.3. The minimum Gasteiger partial charge on any atom is -0.389 e. The molecule has 0 atom stereocenters. The van der Waals surface area contributed by atoms with Gasteiger partial charge in [-0.1, -0.05) is 35.7 Å². The van der Waals surface area contributed by atoms with E-state index in [9.17, 15) is 5.11 Å². The van der Waals surface area contributed by atoms with Crippen LogP contribution in [0.1, 0.15) is 37.3 Å². The topological polar surface area (TPSA) is 36.4 Å². The maximum Gasteiger partial charge on any atom is 0.139 e. The highest BCUT2D eigenvalue weighted by molar-refractivity contribution is 6.50. The smallest absolute Gasteiger partial charge is 0.139 e. The van der Waals surface area contributed by atoms with E-state index in [4.69, 9.17) is 23.2 Å². The van der Waals surface area contributed by atoms with Gasteiger partial charge in [0.25, 0.3) is 0 Å². The Bertz CT molecular complexity index is 565. The van der Waals surface area contributed by atoms with E-state index in [0.29, 0.717) is 18.2 Å². The number of hydrogen-bond donors (Lipinski definition) is 1. The first-order valence-electron chi connectivity index (χ1n) is 7.10. The van der Waals surface area contributed by atoms with Crippen molar-refractivity contribution in [3.05, 3.63) is 27.9 Å². The molecule has 0 aromatic carbocycles. The number of aryl methyl sites for hydroxylation is 1. The summed E-state index contributed by atoms with van der Waals surface area (Å²) in [6.07, 6.45) is 3.79. The predicted octanol–water partition coefficient (Wildman–Crippen LogP) is 3.61. The third-order valence-electron chi connectivity index (χ3n) is 4.09. The molecule has 0 radical (unpaired) electrons. The van der Waals surface area contributed by atoms with Gasteiger partial charge in [0.15, 0.2) is 0 Å². The van der Waals surface area contributed by atoms with Crippen LogP contribution in [0.15, 0.2) is 11.6 Å². The average Bonchev–Trinajstić information content (AvgIpc) is 2.53. The number of nitrogens with zero attached hydrogens (tertiary/aromatic N) is 2. The van der Waals surface area contributed by atoms with Crippen LogP contribution in [0.2, 0.25) is 5.15 Å². The summed E-state index contributed by atoms with van der Waals surface area (Å²) >= 11 is 12.8. The van der Waals surface area contributed by atoms with Crippen molar-refractivity contribution in [2.45, 2.75) is 38.7 Å². The van der Waals surface area contributed by atoms with Gasteiger partial charge in [0.05, 0.1) is 11.1 Å². The first kappa shape index (κ1) is 14.2. The summed E-state index contributed by atoms with van der Waals surface area (Å²) in [5.41, 5.74) is 3.49. The Morgan fingerprint density at radius 1 is 1.35 bits per heavy atom. The monoisotopic (exact) mass is 312 g/mol. The fourth-order valence-electron chi connectivity index (χ4n) is 2.95. The number of aliphatic hydroxyl groups is 1.